The fourth-order valence-electron chi connectivity index (χ4n) is 2.70. The van der Waals surface area contributed by atoms with Crippen molar-refractivity contribution in [2.75, 3.05) is 7.11 Å². The first-order valence-corrected chi connectivity index (χ1v) is 8.16. The molecule has 2 rings (SSSR count). The molecule has 2 atom stereocenters. The molecule has 0 heterocycles. The third-order valence-corrected chi connectivity index (χ3v) is 4.29. The van der Waals surface area contributed by atoms with E-state index in [2.05, 4.69) is 5.32 Å². The highest BCUT2D eigenvalue weighted by Crippen LogP contribution is 2.36. The number of methoxy groups -OCH3 is 1. The van der Waals surface area contributed by atoms with Crippen molar-refractivity contribution in [3.63, 3.8) is 0 Å². The number of amides is 1. The molecule has 1 amide bonds. The predicted molar refractivity (Wildman–Crippen MR) is 88.4 cm³/mol. The molecule has 1 saturated carbocycles. The van der Waals surface area contributed by atoms with Gasteiger partial charge in [-0.3, -0.25) is 0 Å². The van der Waals surface area contributed by atoms with E-state index in [0.29, 0.717) is 0 Å². The van der Waals surface area contributed by atoms with Crippen LogP contribution in [0.4, 0.5) is 4.79 Å². The average molecular weight is 335 g/mol. The van der Waals surface area contributed by atoms with Gasteiger partial charge in [-0.05, 0) is 38.7 Å². The monoisotopic (exact) mass is 335 g/mol. The van der Waals surface area contributed by atoms with E-state index in [1.54, 1.807) is 6.92 Å². The molecule has 1 aromatic carbocycles. The van der Waals surface area contributed by atoms with Gasteiger partial charge in [0, 0.05) is 0 Å². The second kappa shape index (κ2) is 8.15. The number of rotatable bonds is 7. The summed E-state index contributed by atoms with van der Waals surface area (Å²) in [7, 11) is 1.28. The van der Waals surface area contributed by atoms with Gasteiger partial charge in [0.25, 0.3) is 0 Å². The van der Waals surface area contributed by atoms with E-state index < -0.39 is 24.2 Å². The van der Waals surface area contributed by atoms with Crippen LogP contribution < -0.4 is 5.32 Å². The lowest BCUT2D eigenvalue weighted by Gasteiger charge is -2.41. The van der Waals surface area contributed by atoms with Crippen LogP contribution in [0.5, 0.6) is 0 Å². The SMILES string of the molecule is COC(=O)[C@@H](NC(=O)OCc1ccccc1)[C@@H](C)OC1(C)CCC1. The van der Waals surface area contributed by atoms with Gasteiger partial charge in [0.15, 0.2) is 6.04 Å². The molecule has 132 valence electrons. The van der Waals surface area contributed by atoms with Gasteiger partial charge in [0.1, 0.15) is 6.61 Å². The number of nitrogens with one attached hydrogen (secondary N) is 1. The Morgan fingerprint density at radius 1 is 1.25 bits per heavy atom. The Morgan fingerprint density at radius 3 is 2.46 bits per heavy atom. The zero-order chi connectivity index (χ0) is 17.6. The van der Waals surface area contributed by atoms with E-state index in [0.717, 1.165) is 24.8 Å². The number of hydrogen-bond acceptors (Lipinski definition) is 5. The minimum atomic E-state index is -0.907. The Labute approximate surface area is 142 Å². The minimum Gasteiger partial charge on any atom is -0.467 e. The first-order chi connectivity index (χ1) is 11.4. The Balaban J connectivity index is 1.89. The number of hydrogen-bond donors (Lipinski definition) is 1. The second-order valence-electron chi connectivity index (χ2n) is 6.33. The molecule has 0 saturated heterocycles. The molecule has 1 aliphatic rings. The van der Waals surface area contributed by atoms with Gasteiger partial charge in [-0.2, -0.15) is 0 Å². The van der Waals surface area contributed by atoms with Crippen LogP contribution in [0.1, 0.15) is 38.7 Å². The standard InChI is InChI=1S/C18H25NO5/c1-13(24-18(2)10-7-11-18)15(16(20)22-3)19-17(21)23-12-14-8-5-4-6-9-14/h4-6,8-9,13,15H,7,10-12H2,1-3H3,(H,19,21)/t13-,15+/m1/s1. The Bertz CT molecular complexity index is 556. The van der Waals surface area contributed by atoms with Crippen molar-refractivity contribution < 1.29 is 23.8 Å². The first kappa shape index (κ1) is 18.3. The Hall–Kier alpha value is -2.08. The highest BCUT2D eigenvalue weighted by atomic mass is 16.6. The third-order valence-electron chi connectivity index (χ3n) is 4.29. The van der Waals surface area contributed by atoms with Crippen molar-refractivity contribution in [1.29, 1.82) is 0 Å². The van der Waals surface area contributed by atoms with Gasteiger partial charge < -0.3 is 19.5 Å². The smallest absolute Gasteiger partial charge is 0.408 e. The topological polar surface area (TPSA) is 73.9 Å². The molecule has 0 bridgehead atoms. The maximum atomic E-state index is 12.0. The van der Waals surface area contributed by atoms with Crippen LogP contribution in [-0.2, 0) is 25.6 Å². The average Bonchev–Trinajstić information content (AvgIpc) is 2.56. The van der Waals surface area contributed by atoms with Crippen molar-refractivity contribution in [2.45, 2.75) is 57.5 Å². The zero-order valence-corrected chi connectivity index (χ0v) is 14.4. The molecule has 0 aliphatic heterocycles. The van der Waals surface area contributed by atoms with Gasteiger partial charge in [-0.1, -0.05) is 30.3 Å². The third kappa shape index (κ3) is 4.96. The largest absolute Gasteiger partial charge is 0.467 e. The zero-order valence-electron chi connectivity index (χ0n) is 14.4. The molecule has 1 aromatic rings. The summed E-state index contributed by atoms with van der Waals surface area (Å²) in [5, 5.41) is 2.55. The Kier molecular flexibility index (Phi) is 6.20. The molecule has 1 aliphatic carbocycles. The number of carbonyl (C=O) groups is 2. The van der Waals surface area contributed by atoms with E-state index >= 15 is 0 Å². The maximum Gasteiger partial charge on any atom is 0.408 e. The van der Waals surface area contributed by atoms with E-state index in [1.807, 2.05) is 37.3 Å². The van der Waals surface area contributed by atoms with Crippen LogP contribution in [0, 0.1) is 0 Å². The van der Waals surface area contributed by atoms with Gasteiger partial charge in [-0.15, -0.1) is 0 Å². The maximum absolute atomic E-state index is 12.0. The molecule has 6 nitrogen and oxygen atoms in total. The fraction of sp³-hybridized carbons (Fsp3) is 0.556. The molecule has 0 aromatic heterocycles. The summed E-state index contributed by atoms with van der Waals surface area (Å²) >= 11 is 0. The highest BCUT2D eigenvalue weighted by molar-refractivity contribution is 5.81. The summed E-state index contributed by atoms with van der Waals surface area (Å²) in [4.78, 5) is 24.0. The summed E-state index contributed by atoms with van der Waals surface area (Å²) < 4.78 is 15.9. The van der Waals surface area contributed by atoms with Crippen molar-refractivity contribution in [3.05, 3.63) is 35.9 Å². The van der Waals surface area contributed by atoms with E-state index in [9.17, 15) is 9.59 Å². The lowest BCUT2D eigenvalue weighted by atomic mass is 9.81. The Morgan fingerprint density at radius 2 is 1.92 bits per heavy atom. The lowest BCUT2D eigenvalue weighted by Crippen LogP contribution is -2.53. The molecule has 6 heteroatoms. The van der Waals surface area contributed by atoms with Crippen LogP contribution in [-0.4, -0.2) is 36.9 Å². The molecule has 24 heavy (non-hydrogen) atoms. The van der Waals surface area contributed by atoms with Crippen LogP contribution >= 0.6 is 0 Å². The molecular formula is C18H25NO5. The van der Waals surface area contributed by atoms with Gasteiger partial charge in [0.2, 0.25) is 0 Å². The second-order valence-corrected chi connectivity index (χ2v) is 6.33. The van der Waals surface area contributed by atoms with Crippen molar-refractivity contribution in [1.82, 2.24) is 5.32 Å². The van der Waals surface area contributed by atoms with Crippen molar-refractivity contribution >= 4 is 12.1 Å². The summed E-state index contributed by atoms with van der Waals surface area (Å²) in [5.74, 6) is -0.554. The summed E-state index contributed by atoms with van der Waals surface area (Å²) in [6, 6.07) is 8.42. The fourth-order valence-corrected chi connectivity index (χ4v) is 2.70. The van der Waals surface area contributed by atoms with E-state index in [4.69, 9.17) is 14.2 Å². The van der Waals surface area contributed by atoms with E-state index in [1.165, 1.54) is 7.11 Å². The quantitative estimate of drug-likeness (QED) is 0.776. The highest BCUT2D eigenvalue weighted by Gasteiger charge is 2.38. The lowest BCUT2D eigenvalue weighted by molar-refractivity contribution is -0.159. The molecular weight excluding hydrogens is 310 g/mol. The van der Waals surface area contributed by atoms with Gasteiger partial charge in [-0.25, -0.2) is 9.59 Å². The minimum absolute atomic E-state index is 0.132. The predicted octanol–water partition coefficient (Wildman–Crippen LogP) is 2.80. The molecule has 0 radical (unpaired) electrons. The van der Waals surface area contributed by atoms with E-state index in [-0.39, 0.29) is 12.2 Å². The number of esters is 1. The number of benzene rings is 1. The molecule has 0 unspecified atom stereocenters. The normalized spacial score (nSPS) is 18.0. The van der Waals surface area contributed by atoms with Crippen LogP contribution in [0.2, 0.25) is 0 Å². The summed E-state index contributed by atoms with van der Waals surface area (Å²) in [6.45, 7) is 3.89. The number of ether oxygens (including phenoxy) is 3. The summed E-state index contributed by atoms with van der Waals surface area (Å²) in [6.07, 6.45) is 1.82. The summed E-state index contributed by atoms with van der Waals surface area (Å²) in [5.41, 5.74) is 0.634. The van der Waals surface area contributed by atoms with Crippen LogP contribution in [0.3, 0.4) is 0 Å². The number of alkyl carbamates (subject to hydrolysis) is 1. The van der Waals surface area contributed by atoms with Gasteiger partial charge >= 0.3 is 12.1 Å². The molecule has 0 spiro atoms. The molecule has 1 N–H and O–H groups in total. The van der Waals surface area contributed by atoms with Crippen molar-refractivity contribution in [3.8, 4) is 0 Å². The molecule has 1 fully saturated rings. The first-order valence-electron chi connectivity index (χ1n) is 8.16. The number of carbonyl (C=O) groups excluding carboxylic acids is 2. The van der Waals surface area contributed by atoms with Crippen LogP contribution in [0.15, 0.2) is 30.3 Å². The van der Waals surface area contributed by atoms with Gasteiger partial charge in [0.05, 0.1) is 18.8 Å². The van der Waals surface area contributed by atoms with Crippen LogP contribution in [0.25, 0.3) is 0 Å². The van der Waals surface area contributed by atoms with Crippen molar-refractivity contribution in [2.24, 2.45) is 0 Å².